The van der Waals surface area contributed by atoms with Crippen LogP contribution in [0.15, 0.2) is 12.1 Å². The van der Waals surface area contributed by atoms with Crippen LogP contribution in [0.2, 0.25) is 0 Å². The third kappa shape index (κ3) is 2.24. The Morgan fingerprint density at radius 1 is 1.31 bits per heavy atom. The van der Waals surface area contributed by atoms with Crippen molar-refractivity contribution in [1.82, 2.24) is 0 Å². The Kier molecular flexibility index (Phi) is 3.71. The molecule has 0 heterocycles. The normalized spacial score (nSPS) is 12.0. The third-order valence-electron chi connectivity index (χ3n) is 2.26. The zero-order chi connectivity index (χ0) is 12.3. The van der Waals surface area contributed by atoms with Gasteiger partial charge >= 0.3 is 5.97 Å². The maximum atomic E-state index is 13.4. The van der Waals surface area contributed by atoms with E-state index in [1.54, 1.807) is 13.0 Å². The topological polar surface area (TPSA) is 55.8 Å². The van der Waals surface area contributed by atoms with E-state index < -0.39 is 12.1 Å². The molecule has 0 radical (unpaired) electrons. The lowest BCUT2D eigenvalue weighted by Gasteiger charge is -2.13. The van der Waals surface area contributed by atoms with E-state index in [1.165, 1.54) is 20.3 Å². The Labute approximate surface area is 92.6 Å². The van der Waals surface area contributed by atoms with Crippen molar-refractivity contribution < 1.29 is 23.8 Å². The van der Waals surface area contributed by atoms with Gasteiger partial charge in [-0.2, -0.15) is 0 Å². The largest absolute Gasteiger partial charge is 0.493 e. The first-order valence-corrected chi connectivity index (χ1v) is 4.60. The van der Waals surface area contributed by atoms with Crippen LogP contribution in [0.5, 0.6) is 11.5 Å². The highest BCUT2D eigenvalue weighted by Crippen LogP contribution is 2.34. The fourth-order valence-corrected chi connectivity index (χ4v) is 1.40. The number of benzene rings is 1. The van der Waals surface area contributed by atoms with Crippen molar-refractivity contribution in [2.75, 3.05) is 14.2 Å². The quantitative estimate of drug-likeness (QED) is 0.857. The molecule has 88 valence electrons. The average Bonchev–Trinajstić information content (AvgIpc) is 2.27. The number of halogens is 1. The Morgan fingerprint density at radius 2 is 1.81 bits per heavy atom. The summed E-state index contributed by atoms with van der Waals surface area (Å²) in [6, 6.07) is 2.89. The minimum atomic E-state index is -2.06. The van der Waals surface area contributed by atoms with E-state index in [0.717, 1.165) is 0 Å². The van der Waals surface area contributed by atoms with Crippen molar-refractivity contribution in [3.8, 4) is 11.5 Å². The number of aryl methyl sites for hydroxylation is 1. The number of carbonyl (C=O) groups is 1. The summed E-state index contributed by atoms with van der Waals surface area (Å²) in [6.07, 6.45) is -2.06. The molecule has 0 aliphatic heterocycles. The third-order valence-corrected chi connectivity index (χ3v) is 2.26. The minimum Gasteiger partial charge on any atom is -0.493 e. The number of alkyl halides is 1. The van der Waals surface area contributed by atoms with Gasteiger partial charge in [-0.15, -0.1) is 0 Å². The van der Waals surface area contributed by atoms with Crippen LogP contribution in [0.3, 0.4) is 0 Å². The molecule has 0 aliphatic rings. The molecule has 1 unspecified atom stereocenters. The highest BCUT2D eigenvalue weighted by Gasteiger charge is 2.22. The number of methoxy groups -OCH3 is 2. The first-order chi connectivity index (χ1) is 7.51. The maximum Gasteiger partial charge on any atom is 0.343 e. The van der Waals surface area contributed by atoms with Crippen LogP contribution in [-0.4, -0.2) is 25.3 Å². The zero-order valence-electron chi connectivity index (χ0n) is 9.28. The molecule has 0 fully saturated rings. The van der Waals surface area contributed by atoms with Crippen LogP contribution in [0.4, 0.5) is 4.39 Å². The van der Waals surface area contributed by atoms with Gasteiger partial charge in [0.2, 0.25) is 6.17 Å². The summed E-state index contributed by atoms with van der Waals surface area (Å²) < 4.78 is 23.4. The lowest BCUT2D eigenvalue weighted by atomic mass is 10.0. The number of carboxylic acid groups (broad SMARTS) is 1. The molecule has 4 nitrogen and oxygen atoms in total. The van der Waals surface area contributed by atoms with Gasteiger partial charge < -0.3 is 14.6 Å². The van der Waals surface area contributed by atoms with Crippen LogP contribution in [0, 0.1) is 6.92 Å². The number of ether oxygens (including phenoxy) is 2. The van der Waals surface area contributed by atoms with E-state index >= 15 is 0 Å². The van der Waals surface area contributed by atoms with Crippen molar-refractivity contribution >= 4 is 5.97 Å². The van der Waals surface area contributed by atoms with Gasteiger partial charge in [-0.1, -0.05) is 0 Å². The number of rotatable bonds is 4. The number of carboxylic acids is 1. The summed E-state index contributed by atoms with van der Waals surface area (Å²) in [5.41, 5.74) is 0.581. The van der Waals surface area contributed by atoms with E-state index in [0.29, 0.717) is 17.1 Å². The summed E-state index contributed by atoms with van der Waals surface area (Å²) in [5.74, 6) is -0.761. The van der Waals surface area contributed by atoms with E-state index in [4.69, 9.17) is 14.6 Å². The van der Waals surface area contributed by atoms with E-state index in [-0.39, 0.29) is 5.56 Å². The monoisotopic (exact) mass is 228 g/mol. The van der Waals surface area contributed by atoms with Crippen molar-refractivity contribution in [2.45, 2.75) is 13.1 Å². The van der Waals surface area contributed by atoms with Crippen molar-refractivity contribution in [2.24, 2.45) is 0 Å². The van der Waals surface area contributed by atoms with Crippen molar-refractivity contribution in [3.05, 3.63) is 23.3 Å². The molecule has 1 atom stereocenters. The van der Waals surface area contributed by atoms with Gasteiger partial charge in [-0.05, 0) is 24.6 Å². The van der Waals surface area contributed by atoms with Gasteiger partial charge in [0.05, 0.1) is 14.2 Å². The second-order valence-electron chi connectivity index (χ2n) is 3.26. The highest BCUT2D eigenvalue weighted by molar-refractivity contribution is 5.75. The SMILES string of the molecule is COc1cc(C)c(C(F)C(=O)O)cc1OC. The smallest absolute Gasteiger partial charge is 0.343 e. The molecule has 0 saturated heterocycles. The Morgan fingerprint density at radius 3 is 2.25 bits per heavy atom. The molecular formula is C11H13FO4. The summed E-state index contributed by atoms with van der Waals surface area (Å²) in [5, 5.41) is 8.60. The molecule has 1 rings (SSSR count). The van der Waals surface area contributed by atoms with Gasteiger partial charge in [0.25, 0.3) is 0 Å². The summed E-state index contributed by atoms with van der Waals surface area (Å²) in [7, 11) is 2.87. The van der Waals surface area contributed by atoms with Crippen LogP contribution in [0.1, 0.15) is 17.3 Å². The molecule has 16 heavy (non-hydrogen) atoms. The van der Waals surface area contributed by atoms with Crippen molar-refractivity contribution in [3.63, 3.8) is 0 Å². The molecule has 0 amide bonds. The van der Waals surface area contributed by atoms with E-state index in [2.05, 4.69) is 0 Å². The number of aliphatic carboxylic acids is 1. The number of hydrogen-bond donors (Lipinski definition) is 1. The fraction of sp³-hybridized carbons (Fsp3) is 0.364. The predicted molar refractivity (Wildman–Crippen MR) is 55.8 cm³/mol. The molecule has 0 spiro atoms. The van der Waals surface area contributed by atoms with E-state index in [9.17, 15) is 9.18 Å². The lowest BCUT2D eigenvalue weighted by molar-refractivity contribution is -0.143. The fourth-order valence-electron chi connectivity index (χ4n) is 1.40. The van der Waals surface area contributed by atoms with Gasteiger partial charge in [0.15, 0.2) is 11.5 Å². The van der Waals surface area contributed by atoms with Gasteiger partial charge in [0, 0.05) is 5.56 Å². The zero-order valence-corrected chi connectivity index (χ0v) is 9.28. The van der Waals surface area contributed by atoms with Crippen LogP contribution >= 0.6 is 0 Å². The molecule has 0 saturated carbocycles. The molecule has 1 N–H and O–H groups in total. The van der Waals surface area contributed by atoms with Gasteiger partial charge in [-0.3, -0.25) is 0 Å². The van der Waals surface area contributed by atoms with Crippen molar-refractivity contribution in [1.29, 1.82) is 0 Å². The second-order valence-corrected chi connectivity index (χ2v) is 3.26. The molecule has 0 aliphatic carbocycles. The summed E-state index contributed by atoms with van der Waals surface area (Å²) in [4.78, 5) is 10.6. The first kappa shape index (κ1) is 12.3. The molecule has 5 heteroatoms. The Bertz CT molecular complexity index is 403. The molecular weight excluding hydrogens is 215 g/mol. The summed E-state index contributed by atoms with van der Waals surface area (Å²) in [6.45, 7) is 1.62. The molecule has 1 aromatic carbocycles. The van der Waals surface area contributed by atoms with Crippen LogP contribution in [0.25, 0.3) is 0 Å². The Balaban J connectivity index is 3.26. The minimum absolute atomic E-state index is 0.0742. The molecule has 0 aromatic heterocycles. The number of hydrogen-bond acceptors (Lipinski definition) is 3. The van der Waals surface area contributed by atoms with E-state index in [1.807, 2.05) is 0 Å². The van der Waals surface area contributed by atoms with Crippen LogP contribution in [-0.2, 0) is 4.79 Å². The molecule has 1 aromatic rings. The van der Waals surface area contributed by atoms with Gasteiger partial charge in [0.1, 0.15) is 0 Å². The van der Waals surface area contributed by atoms with Crippen LogP contribution < -0.4 is 9.47 Å². The average molecular weight is 228 g/mol. The van der Waals surface area contributed by atoms with Gasteiger partial charge in [-0.25, -0.2) is 9.18 Å². The Hall–Kier alpha value is -1.78. The maximum absolute atomic E-state index is 13.4. The standard InChI is InChI=1S/C11H13FO4/c1-6-4-8(15-2)9(16-3)5-7(6)10(12)11(13)14/h4-5,10H,1-3H3,(H,13,14). The highest BCUT2D eigenvalue weighted by atomic mass is 19.1. The first-order valence-electron chi connectivity index (χ1n) is 4.60. The summed E-state index contributed by atoms with van der Waals surface area (Å²) >= 11 is 0. The second kappa shape index (κ2) is 4.83. The molecule has 0 bridgehead atoms. The predicted octanol–water partition coefficient (Wildman–Crippen LogP) is 2.11. The lowest BCUT2D eigenvalue weighted by Crippen LogP contribution is -2.08.